The number of rotatable bonds is 5. The molecule has 3 aromatic rings. The maximum Gasteiger partial charge on any atom is 0.244 e. The second kappa shape index (κ2) is 9.06. The lowest BCUT2D eigenvalue weighted by atomic mass is 10.2. The van der Waals surface area contributed by atoms with Gasteiger partial charge in [-0.2, -0.15) is 9.57 Å². The molecular weight excluding hydrogens is 432 g/mol. The van der Waals surface area contributed by atoms with Crippen LogP contribution in [0.5, 0.6) is 0 Å². The minimum atomic E-state index is -3.77. The molecule has 0 radical (unpaired) electrons. The van der Waals surface area contributed by atoms with E-state index in [1.807, 2.05) is 42.5 Å². The van der Waals surface area contributed by atoms with Crippen LogP contribution in [-0.2, 0) is 14.8 Å². The second-order valence-corrected chi connectivity index (χ2v) is 9.93. The highest BCUT2D eigenvalue weighted by molar-refractivity contribution is 7.99. The van der Waals surface area contributed by atoms with Crippen molar-refractivity contribution in [3.05, 3.63) is 66.2 Å². The van der Waals surface area contributed by atoms with E-state index in [-0.39, 0.29) is 35.2 Å². The highest BCUT2D eigenvalue weighted by Crippen LogP contribution is 2.23. The van der Waals surface area contributed by atoms with Gasteiger partial charge in [-0.3, -0.25) is 4.79 Å². The van der Waals surface area contributed by atoms with E-state index in [1.165, 1.54) is 28.2 Å². The molecule has 1 fully saturated rings. The number of sulfonamides is 1. The van der Waals surface area contributed by atoms with Gasteiger partial charge in [-0.1, -0.05) is 48.2 Å². The topological polar surface area (TPSA) is 94.4 Å². The molecule has 1 aromatic heterocycles. The molecule has 0 spiro atoms. The highest BCUT2D eigenvalue weighted by atomic mass is 32.2. The molecule has 9 heteroatoms. The minimum absolute atomic E-state index is 0.00945. The molecule has 0 N–H and O–H groups in total. The van der Waals surface area contributed by atoms with Crippen molar-refractivity contribution in [2.24, 2.45) is 0 Å². The third-order valence-electron chi connectivity index (χ3n) is 5.13. The largest absolute Gasteiger partial charge is 0.339 e. The van der Waals surface area contributed by atoms with Gasteiger partial charge in [0.25, 0.3) is 0 Å². The van der Waals surface area contributed by atoms with E-state index in [9.17, 15) is 18.5 Å². The van der Waals surface area contributed by atoms with Crippen LogP contribution in [0.15, 0.2) is 70.6 Å². The number of nitrogens with zero attached hydrogens (tertiary/aromatic N) is 4. The lowest BCUT2D eigenvalue weighted by Gasteiger charge is -2.34. The van der Waals surface area contributed by atoms with Crippen molar-refractivity contribution >= 4 is 38.6 Å². The predicted molar refractivity (Wildman–Crippen MR) is 119 cm³/mol. The Labute approximate surface area is 185 Å². The fourth-order valence-corrected chi connectivity index (χ4v) is 5.80. The van der Waals surface area contributed by atoms with Crippen LogP contribution in [0.25, 0.3) is 10.9 Å². The minimum Gasteiger partial charge on any atom is -0.339 e. The Bertz CT molecular complexity index is 1260. The van der Waals surface area contributed by atoms with Crippen LogP contribution < -0.4 is 0 Å². The summed E-state index contributed by atoms with van der Waals surface area (Å²) in [5.41, 5.74) is 1.01. The van der Waals surface area contributed by atoms with Crippen LogP contribution in [0.2, 0.25) is 0 Å². The number of thioether (sulfide) groups is 1. The Morgan fingerprint density at radius 3 is 2.48 bits per heavy atom. The number of para-hydroxylation sites is 1. The lowest BCUT2D eigenvalue weighted by molar-refractivity contribution is -0.129. The number of hydrogen-bond acceptors (Lipinski definition) is 6. The predicted octanol–water partition coefficient (Wildman–Crippen LogP) is 2.73. The van der Waals surface area contributed by atoms with E-state index < -0.39 is 10.0 Å². The van der Waals surface area contributed by atoms with Crippen LogP contribution in [-0.4, -0.2) is 60.4 Å². The zero-order chi connectivity index (χ0) is 21.8. The Morgan fingerprint density at radius 1 is 1.00 bits per heavy atom. The van der Waals surface area contributed by atoms with Crippen molar-refractivity contribution in [1.82, 2.24) is 14.2 Å². The quantitative estimate of drug-likeness (QED) is 0.553. The van der Waals surface area contributed by atoms with E-state index >= 15 is 0 Å². The molecule has 0 aliphatic carbocycles. The molecule has 1 aliphatic rings. The summed E-state index contributed by atoms with van der Waals surface area (Å²) < 4.78 is 27.2. The van der Waals surface area contributed by atoms with Crippen molar-refractivity contribution in [3.63, 3.8) is 0 Å². The molecule has 0 saturated carbocycles. The molecule has 158 valence electrons. The van der Waals surface area contributed by atoms with E-state index in [0.29, 0.717) is 13.1 Å². The van der Waals surface area contributed by atoms with E-state index in [2.05, 4.69) is 4.98 Å². The Kier molecular flexibility index (Phi) is 6.23. The first-order valence-corrected chi connectivity index (χ1v) is 12.2. The van der Waals surface area contributed by atoms with Gasteiger partial charge in [0, 0.05) is 31.6 Å². The first kappa shape index (κ1) is 21.3. The number of pyridine rings is 1. The third-order valence-corrected chi connectivity index (χ3v) is 8.00. The molecule has 0 atom stereocenters. The number of carbonyl (C=O) groups is 1. The van der Waals surface area contributed by atoms with Crippen LogP contribution >= 0.6 is 11.8 Å². The molecule has 31 heavy (non-hydrogen) atoms. The Morgan fingerprint density at radius 2 is 1.71 bits per heavy atom. The maximum atomic E-state index is 12.9. The molecule has 4 rings (SSSR count). The molecule has 2 aromatic carbocycles. The van der Waals surface area contributed by atoms with Crippen LogP contribution in [0.1, 0.15) is 5.56 Å². The molecule has 1 aliphatic heterocycles. The van der Waals surface area contributed by atoms with E-state index in [0.717, 1.165) is 15.9 Å². The molecule has 0 bridgehead atoms. The fourth-order valence-electron chi connectivity index (χ4n) is 3.46. The van der Waals surface area contributed by atoms with Gasteiger partial charge in [-0.15, -0.1) is 0 Å². The summed E-state index contributed by atoms with van der Waals surface area (Å²) in [7, 11) is -3.77. The average molecular weight is 453 g/mol. The number of hydrogen-bond donors (Lipinski definition) is 0. The zero-order valence-corrected chi connectivity index (χ0v) is 18.3. The second-order valence-electron chi connectivity index (χ2n) is 7.02. The van der Waals surface area contributed by atoms with Gasteiger partial charge in [-0.05, 0) is 24.3 Å². The smallest absolute Gasteiger partial charge is 0.244 e. The van der Waals surface area contributed by atoms with E-state index in [4.69, 9.17) is 0 Å². The van der Waals surface area contributed by atoms with Gasteiger partial charge in [0.1, 0.15) is 6.07 Å². The summed E-state index contributed by atoms with van der Waals surface area (Å²) >= 11 is 1.37. The number of piperazine rings is 1. The Hall–Kier alpha value is -2.93. The van der Waals surface area contributed by atoms with Crippen molar-refractivity contribution in [1.29, 1.82) is 5.26 Å². The van der Waals surface area contributed by atoms with E-state index in [1.54, 1.807) is 17.0 Å². The van der Waals surface area contributed by atoms with Crippen LogP contribution in [0.3, 0.4) is 0 Å². The molecule has 7 nitrogen and oxygen atoms in total. The number of benzene rings is 2. The molecule has 0 unspecified atom stereocenters. The first-order chi connectivity index (χ1) is 15.0. The van der Waals surface area contributed by atoms with Gasteiger partial charge >= 0.3 is 0 Å². The zero-order valence-electron chi connectivity index (χ0n) is 16.6. The van der Waals surface area contributed by atoms with Crippen molar-refractivity contribution in [3.8, 4) is 6.07 Å². The van der Waals surface area contributed by atoms with Gasteiger partial charge in [0.15, 0.2) is 0 Å². The van der Waals surface area contributed by atoms with Gasteiger partial charge in [0.05, 0.1) is 26.8 Å². The summed E-state index contributed by atoms with van der Waals surface area (Å²) in [6.45, 7) is 1.04. The van der Waals surface area contributed by atoms with Crippen molar-refractivity contribution in [2.75, 3.05) is 31.9 Å². The maximum absolute atomic E-state index is 12.9. The number of nitriles is 1. The summed E-state index contributed by atoms with van der Waals surface area (Å²) in [5.74, 6) is 0.199. The summed E-state index contributed by atoms with van der Waals surface area (Å²) in [6, 6.07) is 19.8. The highest BCUT2D eigenvalue weighted by Gasteiger charge is 2.31. The fraction of sp³-hybridized carbons (Fsp3) is 0.227. The summed E-state index contributed by atoms with van der Waals surface area (Å²) in [4.78, 5) is 18.9. The number of amides is 1. The number of aromatic nitrogens is 1. The van der Waals surface area contributed by atoms with Crippen LogP contribution in [0, 0.1) is 11.3 Å². The molecule has 2 heterocycles. The number of carbonyl (C=O) groups excluding carboxylic acids is 1. The number of fused-ring (bicyclic) bond motifs is 1. The monoisotopic (exact) mass is 452 g/mol. The molecular formula is C22H20N4O3S2. The lowest BCUT2D eigenvalue weighted by Crippen LogP contribution is -2.51. The third kappa shape index (κ3) is 4.56. The van der Waals surface area contributed by atoms with Crippen LogP contribution in [0.4, 0.5) is 0 Å². The molecule has 1 saturated heterocycles. The van der Waals surface area contributed by atoms with Gasteiger partial charge in [-0.25, -0.2) is 13.4 Å². The van der Waals surface area contributed by atoms with Crippen molar-refractivity contribution < 1.29 is 13.2 Å². The average Bonchev–Trinajstić information content (AvgIpc) is 2.82. The summed E-state index contributed by atoms with van der Waals surface area (Å²) in [6.07, 6.45) is 0. The van der Waals surface area contributed by atoms with Gasteiger partial charge < -0.3 is 4.90 Å². The standard InChI is InChI=1S/C22H20N4O3S2/c23-15-18-6-2-4-8-20(18)31(28,29)26-13-11-25(12-14-26)22(27)16-30-21-10-9-17-5-1-3-7-19(17)24-21/h1-10H,11-14,16H2. The van der Waals surface area contributed by atoms with Gasteiger partial charge in [0.2, 0.25) is 15.9 Å². The summed E-state index contributed by atoms with van der Waals surface area (Å²) in [5, 5.41) is 11.0. The van der Waals surface area contributed by atoms with Crippen molar-refractivity contribution in [2.45, 2.75) is 9.92 Å². The Balaban J connectivity index is 1.35. The first-order valence-electron chi connectivity index (χ1n) is 9.75. The molecule has 1 amide bonds. The normalized spacial score (nSPS) is 15.0. The SMILES string of the molecule is N#Cc1ccccc1S(=O)(=O)N1CCN(C(=O)CSc2ccc3ccccc3n2)CC1.